The molecule has 2 N–H and O–H groups in total. The molecule has 0 bridgehead atoms. The van der Waals surface area contributed by atoms with E-state index in [1.807, 2.05) is 0 Å². The summed E-state index contributed by atoms with van der Waals surface area (Å²) in [6.45, 7) is 2.13. The maximum Gasteiger partial charge on any atom is 0.123 e. The van der Waals surface area contributed by atoms with Crippen LogP contribution in [0.25, 0.3) is 0 Å². The zero-order chi connectivity index (χ0) is 17.6. The summed E-state index contributed by atoms with van der Waals surface area (Å²) in [7, 11) is 0. The van der Waals surface area contributed by atoms with Crippen LogP contribution < -0.4 is 4.74 Å². The first-order valence-corrected chi connectivity index (χ1v) is 8.68. The standard InChI is InChI=1S/C20H24FNO3.ClH/c21-16-3-1-15(2-4-16)13-17-14-19(24)9-10-22(17)11-12-25-20-7-5-18(23)6-8-20;/h1-8,17,19,23-24H,9-14H2;1H. The summed E-state index contributed by atoms with van der Waals surface area (Å²) >= 11 is 0. The van der Waals surface area contributed by atoms with Gasteiger partial charge in [0.25, 0.3) is 0 Å². The Labute approximate surface area is 159 Å². The van der Waals surface area contributed by atoms with E-state index in [0.29, 0.717) is 6.61 Å². The van der Waals surface area contributed by atoms with E-state index in [4.69, 9.17) is 4.74 Å². The number of rotatable bonds is 6. The van der Waals surface area contributed by atoms with E-state index >= 15 is 0 Å². The van der Waals surface area contributed by atoms with Gasteiger partial charge in [-0.25, -0.2) is 4.39 Å². The Morgan fingerprint density at radius 1 is 1.08 bits per heavy atom. The second-order valence-electron chi connectivity index (χ2n) is 6.54. The number of nitrogens with zero attached hydrogens (tertiary/aromatic N) is 1. The van der Waals surface area contributed by atoms with Crippen molar-refractivity contribution >= 4 is 12.4 Å². The van der Waals surface area contributed by atoms with E-state index < -0.39 is 0 Å². The number of phenolic OH excluding ortho intramolecular Hbond substituents is 1. The van der Waals surface area contributed by atoms with Crippen LogP contribution in [0, 0.1) is 5.82 Å². The van der Waals surface area contributed by atoms with Crippen molar-refractivity contribution in [3.05, 3.63) is 59.9 Å². The van der Waals surface area contributed by atoms with Gasteiger partial charge < -0.3 is 14.9 Å². The number of aliphatic hydroxyl groups excluding tert-OH is 1. The topological polar surface area (TPSA) is 52.9 Å². The molecule has 0 spiro atoms. The summed E-state index contributed by atoms with van der Waals surface area (Å²) in [5.74, 6) is 0.716. The summed E-state index contributed by atoms with van der Waals surface area (Å²) in [6.07, 6.45) is 1.99. The first-order valence-electron chi connectivity index (χ1n) is 8.68. The molecule has 0 radical (unpaired) electrons. The Morgan fingerprint density at radius 3 is 2.46 bits per heavy atom. The number of aromatic hydroxyl groups is 1. The van der Waals surface area contributed by atoms with E-state index in [1.54, 1.807) is 36.4 Å². The van der Waals surface area contributed by atoms with Gasteiger partial charge in [-0.15, -0.1) is 12.4 Å². The molecule has 0 amide bonds. The SMILES string of the molecule is Cl.Oc1ccc(OCCN2CCC(O)CC2Cc2ccc(F)cc2)cc1. The predicted octanol–water partition coefficient (Wildman–Crippen LogP) is 3.40. The summed E-state index contributed by atoms with van der Waals surface area (Å²) in [5.41, 5.74) is 1.07. The van der Waals surface area contributed by atoms with Crippen LogP contribution in [0.3, 0.4) is 0 Å². The Morgan fingerprint density at radius 2 is 1.77 bits per heavy atom. The number of halogens is 2. The lowest BCUT2D eigenvalue weighted by molar-refractivity contribution is 0.0348. The molecule has 2 aromatic rings. The number of phenols is 1. The van der Waals surface area contributed by atoms with Crippen LogP contribution in [0.4, 0.5) is 4.39 Å². The number of hydrogen-bond acceptors (Lipinski definition) is 4. The molecule has 6 heteroatoms. The number of aliphatic hydroxyl groups is 1. The van der Waals surface area contributed by atoms with Crippen molar-refractivity contribution in [1.82, 2.24) is 4.90 Å². The molecular weight excluding hydrogens is 357 g/mol. The molecule has 142 valence electrons. The van der Waals surface area contributed by atoms with Crippen molar-refractivity contribution in [3.8, 4) is 11.5 Å². The molecule has 1 heterocycles. The van der Waals surface area contributed by atoms with Crippen molar-refractivity contribution in [2.24, 2.45) is 0 Å². The third-order valence-corrected chi connectivity index (χ3v) is 4.68. The van der Waals surface area contributed by atoms with Crippen LogP contribution in [-0.4, -0.2) is 47.0 Å². The van der Waals surface area contributed by atoms with Gasteiger partial charge in [0.2, 0.25) is 0 Å². The highest BCUT2D eigenvalue weighted by atomic mass is 35.5. The van der Waals surface area contributed by atoms with Gasteiger partial charge in [0.15, 0.2) is 0 Å². The van der Waals surface area contributed by atoms with Crippen LogP contribution in [0.15, 0.2) is 48.5 Å². The Hall–Kier alpha value is -1.82. The molecule has 3 rings (SSSR count). The summed E-state index contributed by atoms with van der Waals surface area (Å²) < 4.78 is 18.8. The smallest absolute Gasteiger partial charge is 0.123 e. The second-order valence-corrected chi connectivity index (χ2v) is 6.54. The van der Waals surface area contributed by atoms with E-state index in [0.717, 1.165) is 43.7 Å². The summed E-state index contributed by atoms with van der Waals surface area (Å²) in [6, 6.07) is 13.5. The maximum absolute atomic E-state index is 13.1. The van der Waals surface area contributed by atoms with Gasteiger partial charge in [0.05, 0.1) is 6.10 Å². The third kappa shape index (κ3) is 5.87. The predicted molar refractivity (Wildman–Crippen MR) is 102 cm³/mol. The molecule has 1 aliphatic rings. The Balaban J connectivity index is 0.00000243. The van der Waals surface area contributed by atoms with Gasteiger partial charge in [-0.1, -0.05) is 12.1 Å². The molecule has 1 fully saturated rings. The number of likely N-dealkylation sites (tertiary alicyclic amines) is 1. The van der Waals surface area contributed by atoms with Crippen molar-refractivity contribution < 1.29 is 19.3 Å². The van der Waals surface area contributed by atoms with Gasteiger partial charge in [0, 0.05) is 19.1 Å². The van der Waals surface area contributed by atoms with Crippen molar-refractivity contribution in [3.63, 3.8) is 0 Å². The third-order valence-electron chi connectivity index (χ3n) is 4.68. The molecule has 26 heavy (non-hydrogen) atoms. The fourth-order valence-electron chi connectivity index (χ4n) is 3.30. The molecule has 0 saturated carbocycles. The molecule has 2 unspecified atom stereocenters. The minimum Gasteiger partial charge on any atom is -0.508 e. The van der Waals surface area contributed by atoms with Gasteiger partial charge in [-0.2, -0.15) is 0 Å². The average molecular weight is 382 g/mol. The number of piperidine rings is 1. The number of benzene rings is 2. The molecule has 4 nitrogen and oxygen atoms in total. The largest absolute Gasteiger partial charge is 0.508 e. The van der Waals surface area contributed by atoms with Gasteiger partial charge in [-0.05, 0) is 61.2 Å². The minimum atomic E-state index is -0.278. The van der Waals surface area contributed by atoms with E-state index in [9.17, 15) is 14.6 Å². The average Bonchev–Trinajstić information content (AvgIpc) is 2.60. The van der Waals surface area contributed by atoms with E-state index in [-0.39, 0.29) is 36.1 Å². The van der Waals surface area contributed by atoms with Gasteiger partial charge in [0.1, 0.15) is 23.9 Å². The molecule has 1 aliphatic heterocycles. The molecule has 0 aliphatic carbocycles. The fourth-order valence-corrected chi connectivity index (χ4v) is 3.30. The van der Waals surface area contributed by atoms with Crippen molar-refractivity contribution in [2.45, 2.75) is 31.4 Å². The minimum absolute atomic E-state index is 0. The summed E-state index contributed by atoms with van der Waals surface area (Å²) in [4.78, 5) is 2.33. The Kier molecular flexibility index (Phi) is 7.69. The lowest BCUT2D eigenvalue weighted by Crippen LogP contribution is -2.47. The number of ether oxygens (including phenoxy) is 1. The monoisotopic (exact) mass is 381 g/mol. The zero-order valence-corrected chi connectivity index (χ0v) is 15.4. The molecule has 2 aromatic carbocycles. The molecule has 1 saturated heterocycles. The lowest BCUT2D eigenvalue weighted by atomic mass is 9.94. The molecule has 2 atom stereocenters. The fraction of sp³-hybridized carbons (Fsp3) is 0.400. The normalized spacial score (nSPS) is 20.4. The van der Waals surface area contributed by atoms with Crippen LogP contribution in [-0.2, 0) is 6.42 Å². The highest BCUT2D eigenvalue weighted by Crippen LogP contribution is 2.22. The lowest BCUT2D eigenvalue weighted by Gasteiger charge is -2.38. The second kappa shape index (κ2) is 9.76. The Bertz CT molecular complexity index is 666. The molecule has 0 aromatic heterocycles. The van der Waals surface area contributed by atoms with E-state index in [2.05, 4.69) is 4.90 Å². The van der Waals surface area contributed by atoms with Crippen LogP contribution in [0.5, 0.6) is 11.5 Å². The first-order chi connectivity index (χ1) is 12.1. The number of hydrogen-bond donors (Lipinski definition) is 2. The van der Waals surface area contributed by atoms with Crippen molar-refractivity contribution in [1.29, 1.82) is 0 Å². The molecular formula is C20H25ClFNO3. The summed E-state index contributed by atoms with van der Waals surface area (Å²) in [5, 5.41) is 19.3. The highest BCUT2D eigenvalue weighted by molar-refractivity contribution is 5.85. The quantitative estimate of drug-likeness (QED) is 0.805. The van der Waals surface area contributed by atoms with Crippen molar-refractivity contribution in [2.75, 3.05) is 19.7 Å². The van der Waals surface area contributed by atoms with Crippen LogP contribution >= 0.6 is 12.4 Å². The van der Waals surface area contributed by atoms with Gasteiger partial charge in [-0.3, -0.25) is 4.90 Å². The zero-order valence-electron chi connectivity index (χ0n) is 14.6. The van der Waals surface area contributed by atoms with E-state index in [1.165, 1.54) is 12.1 Å². The van der Waals surface area contributed by atoms with Gasteiger partial charge >= 0.3 is 0 Å². The maximum atomic E-state index is 13.1. The first kappa shape index (κ1) is 20.5. The highest BCUT2D eigenvalue weighted by Gasteiger charge is 2.27. The van der Waals surface area contributed by atoms with Crippen LogP contribution in [0.1, 0.15) is 18.4 Å². The van der Waals surface area contributed by atoms with Crippen LogP contribution in [0.2, 0.25) is 0 Å².